The van der Waals surface area contributed by atoms with Gasteiger partial charge in [0.2, 0.25) is 5.91 Å². The van der Waals surface area contributed by atoms with Crippen LogP contribution in [0, 0.1) is 0 Å². The number of hydrogen-bond acceptors (Lipinski definition) is 5. The van der Waals surface area contributed by atoms with E-state index >= 15 is 0 Å². The van der Waals surface area contributed by atoms with Crippen molar-refractivity contribution in [2.45, 2.75) is 19.8 Å². The van der Waals surface area contributed by atoms with Crippen LogP contribution in [0.1, 0.15) is 24.5 Å². The third-order valence-corrected chi connectivity index (χ3v) is 3.58. The second-order valence-corrected chi connectivity index (χ2v) is 5.58. The highest BCUT2D eigenvalue weighted by molar-refractivity contribution is 5.84. The lowest BCUT2D eigenvalue weighted by Crippen LogP contribution is -2.19. The van der Waals surface area contributed by atoms with E-state index in [-0.39, 0.29) is 12.3 Å². The number of hydrogen-bond donors (Lipinski definition) is 1. The lowest BCUT2D eigenvalue weighted by atomic mass is 10.1. The van der Waals surface area contributed by atoms with Crippen molar-refractivity contribution >= 4 is 12.1 Å². The van der Waals surface area contributed by atoms with Gasteiger partial charge < -0.3 is 14.2 Å². The molecule has 0 radical (unpaired) electrons. The molecule has 0 aliphatic rings. The van der Waals surface area contributed by atoms with Gasteiger partial charge in [-0.2, -0.15) is 5.10 Å². The predicted octanol–water partition coefficient (Wildman–Crippen LogP) is 3.19. The van der Waals surface area contributed by atoms with Crippen molar-refractivity contribution in [2.24, 2.45) is 5.10 Å². The van der Waals surface area contributed by atoms with Crippen LogP contribution in [0.25, 0.3) is 0 Å². The fourth-order valence-corrected chi connectivity index (χ4v) is 2.24. The maximum Gasteiger partial charge on any atom is 0.244 e. The lowest BCUT2D eigenvalue weighted by Gasteiger charge is -2.10. The fourth-order valence-electron chi connectivity index (χ4n) is 2.24. The monoisotopic (exact) mass is 356 g/mol. The highest BCUT2D eigenvalue weighted by Crippen LogP contribution is 2.27. The van der Waals surface area contributed by atoms with Crippen LogP contribution >= 0.6 is 0 Å². The zero-order valence-corrected chi connectivity index (χ0v) is 15.3. The first-order chi connectivity index (χ1) is 12.7. The molecule has 0 aromatic heterocycles. The highest BCUT2D eigenvalue weighted by Gasteiger charge is 2.05. The number of amides is 1. The topological polar surface area (TPSA) is 69.2 Å². The molecule has 138 valence electrons. The van der Waals surface area contributed by atoms with E-state index in [1.807, 2.05) is 49.4 Å². The molecule has 0 atom stereocenters. The van der Waals surface area contributed by atoms with Gasteiger partial charge in [0.15, 0.2) is 11.5 Å². The molecule has 1 amide bonds. The van der Waals surface area contributed by atoms with Gasteiger partial charge in [0.05, 0.1) is 33.5 Å². The van der Waals surface area contributed by atoms with Crippen LogP contribution in [0.4, 0.5) is 0 Å². The van der Waals surface area contributed by atoms with Gasteiger partial charge in [-0.05, 0) is 47.9 Å². The van der Waals surface area contributed by atoms with Crippen molar-refractivity contribution in [1.82, 2.24) is 5.43 Å². The molecule has 0 unspecified atom stereocenters. The smallest absolute Gasteiger partial charge is 0.244 e. The molecule has 6 heteroatoms. The number of methoxy groups -OCH3 is 2. The maximum atomic E-state index is 12.0. The number of hydrazone groups is 1. The van der Waals surface area contributed by atoms with Gasteiger partial charge in [-0.1, -0.05) is 19.1 Å². The Balaban J connectivity index is 1.91. The van der Waals surface area contributed by atoms with Gasteiger partial charge in [0.25, 0.3) is 0 Å². The number of rotatable bonds is 9. The van der Waals surface area contributed by atoms with Gasteiger partial charge in [-0.25, -0.2) is 5.43 Å². The van der Waals surface area contributed by atoms with Crippen molar-refractivity contribution in [3.05, 3.63) is 53.6 Å². The van der Waals surface area contributed by atoms with Crippen molar-refractivity contribution in [3.63, 3.8) is 0 Å². The molecule has 2 aromatic carbocycles. The third kappa shape index (κ3) is 5.81. The van der Waals surface area contributed by atoms with Crippen molar-refractivity contribution in [2.75, 3.05) is 20.8 Å². The van der Waals surface area contributed by atoms with E-state index in [1.54, 1.807) is 20.4 Å². The third-order valence-electron chi connectivity index (χ3n) is 3.58. The first-order valence-corrected chi connectivity index (χ1v) is 8.42. The first kappa shape index (κ1) is 19.3. The van der Waals surface area contributed by atoms with Gasteiger partial charge >= 0.3 is 0 Å². The number of benzene rings is 2. The van der Waals surface area contributed by atoms with Crippen molar-refractivity contribution in [1.29, 1.82) is 0 Å². The first-order valence-electron chi connectivity index (χ1n) is 8.42. The van der Waals surface area contributed by atoms with Crippen LogP contribution < -0.4 is 19.6 Å². The molecule has 26 heavy (non-hydrogen) atoms. The molecule has 0 aliphatic carbocycles. The molecule has 1 N–H and O–H groups in total. The van der Waals surface area contributed by atoms with E-state index in [2.05, 4.69) is 10.5 Å². The van der Waals surface area contributed by atoms with Crippen LogP contribution in [0.15, 0.2) is 47.6 Å². The molecular weight excluding hydrogens is 332 g/mol. The Labute approximate surface area is 153 Å². The zero-order valence-electron chi connectivity index (χ0n) is 15.3. The summed E-state index contributed by atoms with van der Waals surface area (Å²) in [6.07, 6.45) is 2.74. The van der Waals surface area contributed by atoms with E-state index in [1.165, 1.54) is 0 Å². The molecule has 0 saturated heterocycles. The minimum Gasteiger partial charge on any atom is -0.497 e. The largest absolute Gasteiger partial charge is 0.497 e. The van der Waals surface area contributed by atoms with Crippen LogP contribution in [0.5, 0.6) is 17.2 Å². The molecule has 0 spiro atoms. The number of nitrogens with one attached hydrogen (secondary N) is 1. The zero-order chi connectivity index (χ0) is 18.8. The summed E-state index contributed by atoms with van der Waals surface area (Å²) >= 11 is 0. The number of carbonyl (C=O) groups is 1. The summed E-state index contributed by atoms with van der Waals surface area (Å²) in [5.41, 5.74) is 4.21. The van der Waals surface area contributed by atoms with E-state index in [4.69, 9.17) is 14.2 Å². The van der Waals surface area contributed by atoms with Crippen LogP contribution in [-0.2, 0) is 11.2 Å². The number of nitrogens with zero attached hydrogens (tertiary/aromatic N) is 1. The Bertz CT molecular complexity index is 742. The Morgan fingerprint density at radius 3 is 2.50 bits per heavy atom. The molecule has 0 fully saturated rings. The average molecular weight is 356 g/mol. The molecule has 0 heterocycles. The second kappa shape index (κ2) is 10.1. The standard InChI is InChI=1S/C20H24N2O4/c1-4-11-26-18-10-7-16(12-19(18)25-3)14-21-22-20(23)13-15-5-8-17(24-2)9-6-15/h5-10,12,14H,4,11,13H2,1-3H3,(H,22,23)/b21-14-. The van der Waals surface area contributed by atoms with Crippen LogP contribution in [0.3, 0.4) is 0 Å². The minimum atomic E-state index is -0.193. The van der Waals surface area contributed by atoms with Gasteiger partial charge in [0.1, 0.15) is 5.75 Å². The Morgan fingerprint density at radius 2 is 1.85 bits per heavy atom. The Hall–Kier alpha value is -3.02. The number of ether oxygens (including phenoxy) is 3. The Morgan fingerprint density at radius 1 is 1.08 bits per heavy atom. The molecular formula is C20H24N2O4. The molecule has 6 nitrogen and oxygen atoms in total. The van der Waals surface area contributed by atoms with E-state index in [9.17, 15) is 4.79 Å². The summed E-state index contributed by atoms with van der Waals surface area (Å²) < 4.78 is 16.0. The normalized spacial score (nSPS) is 10.6. The Kier molecular flexibility index (Phi) is 7.49. The predicted molar refractivity (Wildman–Crippen MR) is 101 cm³/mol. The second-order valence-electron chi connectivity index (χ2n) is 5.58. The molecule has 2 rings (SSSR count). The van der Waals surface area contributed by atoms with Gasteiger partial charge in [-0.3, -0.25) is 4.79 Å². The number of carbonyl (C=O) groups excluding carboxylic acids is 1. The summed E-state index contributed by atoms with van der Waals surface area (Å²) in [6, 6.07) is 12.8. The summed E-state index contributed by atoms with van der Waals surface area (Å²) in [5.74, 6) is 1.88. The van der Waals surface area contributed by atoms with Crippen molar-refractivity contribution in [3.8, 4) is 17.2 Å². The van der Waals surface area contributed by atoms with Gasteiger partial charge in [-0.15, -0.1) is 0 Å². The lowest BCUT2D eigenvalue weighted by molar-refractivity contribution is -0.120. The maximum absolute atomic E-state index is 12.0. The average Bonchev–Trinajstić information content (AvgIpc) is 2.67. The quantitative estimate of drug-likeness (QED) is 0.553. The van der Waals surface area contributed by atoms with E-state index in [0.29, 0.717) is 18.1 Å². The highest BCUT2D eigenvalue weighted by atomic mass is 16.5. The molecule has 0 saturated carbocycles. The fraction of sp³-hybridized carbons (Fsp3) is 0.300. The van der Waals surface area contributed by atoms with E-state index in [0.717, 1.165) is 23.3 Å². The molecule has 0 bridgehead atoms. The van der Waals surface area contributed by atoms with Gasteiger partial charge in [0, 0.05) is 0 Å². The molecule has 2 aromatic rings. The summed E-state index contributed by atoms with van der Waals surface area (Å²) in [4.78, 5) is 12.0. The summed E-state index contributed by atoms with van der Waals surface area (Å²) in [7, 11) is 3.19. The van der Waals surface area contributed by atoms with Crippen LogP contribution in [0.2, 0.25) is 0 Å². The van der Waals surface area contributed by atoms with Crippen LogP contribution in [-0.4, -0.2) is 32.9 Å². The van der Waals surface area contributed by atoms with E-state index < -0.39 is 0 Å². The summed E-state index contributed by atoms with van der Waals surface area (Å²) in [6.45, 7) is 2.67. The van der Waals surface area contributed by atoms with Crippen molar-refractivity contribution < 1.29 is 19.0 Å². The molecule has 0 aliphatic heterocycles. The SMILES string of the molecule is CCCOc1ccc(/C=N\NC(=O)Cc2ccc(OC)cc2)cc1OC. The summed E-state index contributed by atoms with van der Waals surface area (Å²) in [5, 5.41) is 3.99. The minimum absolute atomic E-state index is 0.193.